The lowest BCUT2D eigenvalue weighted by Gasteiger charge is -2.02. The van der Waals surface area contributed by atoms with Gasteiger partial charge in [-0.15, -0.1) is 0 Å². The molecule has 0 atom stereocenters. The minimum atomic E-state index is -0.290. The van der Waals surface area contributed by atoms with Crippen molar-refractivity contribution in [2.75, 3.05) is 31.8 Å². The van der Waals surface area contributed by atoms with Crippen molar-refractivity contribution in [2.24, 2.45) is 0 Å². The van der Waals surface area contributed by atoms with Crippen molar-refractivity contribution in [2.45, 2.75) is 6.42 Å². The van der Waals surface area contributed by atoms with Gasteiger partial charge >= 0.3 is 5.97 Å². The lowest BCUT2D eigenvalue weighted by Crippen LogP contribution is -2.04. The van der Waals surface area contributed by atoms with Crippen LogP contribution in [0, 0.1) is 0 Å². The molecular weight excluding hydrogens is 260 g/mol. The fourth-order valence-corrected chi connectivity index (χ4v) is 2.11. The van der Waals surface area contributed by atoms with Crippen LogP contribution in [-0.2, 0) is 14.3 Å². The molecule has 0 aliphatic carbocycles. The van der Waals surface area contributed by atoms with E-state index in [1.54, 1.807) is 24.9 Å². The first kappa shape index (κ1) is 15.8. The second kappa shape index (κ2) is 10.6. The predicted molar refractivity (Wildman–Crippen MR) is 80.3 cm³/mol. The molecule has 19 heavy (non-hydrogen) atoms. The van der Waals surface area contributed by atoms with Gasteiger partial charge in [-0.3, -0.25) is 0 Å². The molecule has 0 spiro atoms. The Kier molecular flexibility index (Phi) is 8.85. The molecule has 0 aliphatic rings. The molecule has 0 radical (unpaired) electrons. The van der Waals surface area contributed by atoms with Crippen molar-refractivity contribution in [3.8, 4) is 0 Å². The molecule has 1 aromatic carbocycles. The third-order valence-corrected chi connectivity index (χ3v) is 3.35. The van der Waals surface area contributed by atoms with Gasteiger partial charge < -0.3 is 9.47 Å². The highest BCUT2D eigenvalue weighted by molar-refractivity contribution is 7.99. The van der Waals surface area contributed by atoms with Gasteiger partial charge in [0.25, 0.3) is 0 Å². The van der Waals surface area contributed by atoms with Gasteiger partial charge in [0.15, 0.2) is 0 Å². The molecule has 0 unspecified atom stereocenters. The van der Waals surface area contributed by atoms with E-state index in [4.69, 9.17) is 9.47 Å². The lowest BCUT2D eigenvalue weighted by molar-refractivity contribution is -0.137. The van der Waals surface area contributed by atoms with Crippen LogP contribution in [0.1, 0.15) is 12.0 Å². The molecule has 3 nitrogen and oxygen atoms in total. The van der Waals surface area contributed by atoms with E-state index in [0.29, 0.717) is 6.61 Å². The van der Waals surface area contributed by atoms with Crippen molar-refractivity contribution >= 4 is 23.8 Å². The van der Waals surface area contributed by atoms with Crippen LogP contribution in [0.3, 0.4) is 0 Å². The number of carbonyl (C=O) groups is 1. The lowest BCUT2D eigenvalue weighted by atomic mass is 10.2. The van der Waals surface area contributed by atoms with E-state index in [9.17, 15) is 4.79 Å². The molecule has 0 saturated heterocycles. The van der Waals surface area contributed by atoms with Crippen LogP contribution < -0.4 is 0 Å². The highest BCUT2D eigenvalue weighted by Gasteiger charge is 1.97. The zero-order valence-electron chi connectivity index (χ0n) is 11.2. The largest absolute Gasteiger partial charge is 0.462 e. The van der Waals surface area contributed by atoms with E-state index in [1.807, 2.05) is 30.3 Å². The summed E-state index contributed by atoms with van der Waals surface area (Å²) in [5.74, 6) is 1.57. The van der Waals surface area contributed by atoms with Gasteiger partial charge in [-0.1, -0.05) is 30.3 Å². The number of carbonyl (C=O) groups excluding carboxylic acids is 1. The second-order valence-electron chi connectivity index (χ2n) is 3.87. The molecule has 0 fully saturated rings. The van der Waals surface area contributed by atoms with Gasteiger partial charge in [0, 0.05) is 25.5 Å². The predicted octanol–water partition coefficient (Wildman–Crippen LogP) is 3.01. The van der Waals surface area contributed by atoms with Crippen LogP contribution in [0.5, 0.6) is 0 Å². The number of hydrogen-bond donors (Lipinski definition) is 0. The van der Waals surface area contributed by atoms with E-state index >= 15 is 0 Å². The standard InChI is InChI=1S/C15H20O3S/c1-17-10-5-12-19-13-11-18-15(16)9-8-14-6-3-2-4-7-14/h2-4,6-9H,5,10-13H2,1H3/b9-8+. The first-order valence-corrected chi connectivity index (χ1v) is 7.45. The van der Waals surface area contributed by atoms with E-state index in [2.05, 4.69) is 0 Å². The van der Waals surface area contributed by atoms with Gasteiger partial charge in [-0.05, 0) is 23.8 Å². The van der Waals surface area contributed by atoms with Crippen molar-refractivity contribution in [1.82, 2.24) is 0 Å². The number of hydrogen-bond acceptors (Lipinski definition) is 4. The third-order valence-electron chi connectivity index (χ3n) is 2.32. The van der Waals surface area contributed by atoms with Crippen molar-refractivity contribution in [3.63, 3.8) is 0 Å². The molecule has 104 valence electrons. The highest BCUT2D eigenvalue weighted by atomic mass is 32.2. The molecule has 0 aromatic heterocycles. The number of benzene rings is 1. The molecule has 0 heterocycles. The molecule has 0 saturated carbocycles. The van der Waals surface area contributed by atoms with Gasteiger partial charge in [0.2, 0.25) is 0 Å². The zero-order chi connectivity index (χ0) is 13.8. The SMILES string of the molecule is COCCCSCCOC(=O)/C=C/c1ccccc1. The quantitative estimate of drug-likeness (QED) is 0.396. The smallest absolute Gasteiger partial charge is 0.330 e. The summed E-state index contributed by atoms with van der Waals surface area (Å²) in [6.07, 6.45) is 4.25. The first-order valence-electron chi connectivity index (χ1n) is 6.29. The summed E-state index contributed by atoms with van der Waals surface area (Å²) < 4.78 is 10.0. The van der Waals surface area contributed by atoms with Crippen LogP contribution >= 0.6 is 11.8 Å². The Bertz CT molecular complexity index is 376. The molecule has 1 rings (SSSR count). The Labute approximate surface area is 119 Å². The summed E-state index contributed by atoms with van der Waals surface area (Å²) >= 11 is 1.77. The van der Waals surface area contributed by atoms with Gasteiger partial charge in [-0.2, -0.15) is 11.8 Å². The third kappa shape index (κ3) is 8.46. The van der Waals surface area contributed by atoms with E-state index < -0.39 is 0 Å². The average Bonchev–Trinajstić information content (AvgIpc) is 2.45. The second-order valence-corrected chi connectivity index (χ2v) is 5.09. The van der Waals surface area contributed by atoms with Crippen LogP contribution in [-0.4, -0.2) is 37.8 Å². The number of thioether (sulfide) groups is 1. The zero-order valence-corrected chi connectivity index (χ0v) is 12.0. The summed E-state index contributed by atoms with van der Waals surface area (Å²) in [6, 6.07) is 9.69. The van der Waals surface area contributed by atoms with Crippen LogP contribution in [0.4, 0.5) is 0 Å². The summed E-state index contributed by atoms with van der Waals surface area (Å²) in [4.78, 5) is 11.4. The van der Waals surface area contributed by atoms with Gasteiger partial charge in [0.1, 0.15) is 6.61 Å². The summed E-state index contributed by atoms with van der Waals surface area (Å²) in [6.45, 7) is 1.24. The van der Waals surface area contributed by atoms with Crippen LogP contribution in [0.15, 0.2) is 36.4 Å². The maximum atomic E-state index is 11.4. The van der Waals surface area contributed by atoms with Crippen molar-refractivity contribution < 1.29 is 14.3 Å². The van der Waals surface area contributed by atoms with Crippen LogP contribution in [0.2, 0.25) is 0 Å². The van der Waals surface area contributed by atoms with E-state index in [-0.39, 0.29) is 5.97 Å². The highest BCUT2D eigenvalue weighted by Crippen LogP contribution is 2.03. The van der Waals surface area contributed by atoms with Gasteiger partial charge in [0.05, 0.1) is 0 Å². The average molecular weight is 280 g/mol. The van der Waals surface area contributed by atoms with Crippen molar-refractivity contribution in [1.29, 1.82) is 0 Å². The number of ether oxygens (including phenoxy) is 2. The summed E-state index contributed by atoms with van der Waals surface area (Å²) in [7, 11) is 1.70. The molecular formula is C15H20O3S. The monoisotopic (exact) mass is 280 g/mol. The Balaban J connectivity index is 2.07. The number of rotatable bonds is 9. The summed E-state index contributed by atoms with van der Waals surface area (Å²) in [5, 5.41) is 0. The fourth-order valence-electron chi connectivity index (χ4n) is 1.39. The summed E-state index contributed by atoms with van der Waals surface area (Å²) in [5.41, 5.74) is 0.994. The topological polar surface area (TPSA) is 35.5 Å². The Morgan fingerprint density at radius 2 is 2.00 bits per heavy atom. The molecule has 0 N–H and O–H groups in total. The Hall–Kier alpha value is -1.26. The van der Waals surface area contributed by atoms with E-state index in [1.165, 1.54) is 6.08 Å². The fraction of sp³-hybridized carbons (Fsp3) is 0.400. The Morgan fingerprint density at radius 1 is 1.21 bits per heavy atom. The molecule has 0 bridgehead atoms. The molecule has 1 aromatic rings. The Morgan fingerprint density at radius 3 is 2.74 bits per heavy atom. The maximum Gasteiger partial charge on any atom is 0.330 e. The number of methoxy groups -OCH3 is 1. The molecule has 0 amide bonds. The number of esters is 1. The minimum Gasteiger partial charge on any atom is -0.462 e. The minimum absolute atomic E-state index is 0.290. The van der Waals surface area contributed by atoms with Crippen molar-refractivity contribution in [3.05, 3.63) is 42.0 Å². The molecule has 0 aliphatic heterocycles. The molecule has 4 heteroatoms. The van der Waals surface area contributed by atoms with E-state index in [0.717, 1.165) is 30.1 Å². The maximum absolute atomic E-state index is 11.4. The van der Waals surface area contributed by atoms with Crippen LogP contribution in [0.25, 0.3) is 6.08 Å². The first-order chi connectivity index (χ1) is 9.33. The normalized spacial score (nSPS) is 10.8. The van der Waals surface area contributed by atoms with Gasteiger partial charge in [-0.25, -0.2) is 4.79 Å².